The summed E-state index contributed by atoms with van der Waals surface area (Å²) in [5, 5.41) is 10.2. The number of hydrogen-bond donors (Lipinski definition) is 1. The maximum Gasteiger partial charge on any atom is 0.335 e. The highest BCUT2D eigenvalue weighted by atomic mass is 79.9. The topological polar surface area (TPSA) is 79.2 Å². The number of carboxylic acids is 1. The number of rotatable bonds is 6. The number of benzene rings is 3. The summed E-state index contributed by atoms with van der Waals surface area (Å²) >= 11 is 14.6. The highest BCUT2D eigenvalue weighted by Gasteiger charge is 2.30. The van der Waals surface area contributed by atoms with Crippen molar-refractivity contribution in [1.82, 2.24) is 4.90 Å². The van der Waals surface area contributed by atoms with Crippen LogP contribution in [0.5, 0.6) is 5.75 Å². The van der Waals surface area contributed by atoms with Crippen molar-refractivity contribution in [3.63, 3.8) is 0 Å². The van der Waals surface area contributed by atoms with Gasteiger partial charge in [-0.05, 0) is 97.7 Å². The highest BCUT2D eigenvalue weighted by molar-refractivity contribution is 9.11. The Labute approximate surface area is 227 Å². The van der Waals surface area contributed by atoms with Crippen LogP contribution in [0.15, 0.2) is 79.5 Å². The van der Waals surface area contributed by atoms with Crippen molar-refractivity contribution in [2.45, 2.75) is 6.61 Å². The van der Waals surface area contributed by atoms with Gasteiger partial charge in [-0.1, -0.05) is 29.8 Å². The molecule has 1 saturated heterocycles. The molecule has 0 spiro atoms. The average Bonchev–Trinajstić information content (AvgIpc) is 3.07. The monoisotopic (exact) mass is 634 g/mol. The molecule has 0 unspecified atom stereocenters. The van der Waals surface area contributed by atoms with Gasteiger partial charge in [0, 0.05) is 17.6 Å². The molecule has 1 aliphatic heterocycles. The van der Waals surface area contributed by atoms with Gasteiger partial charge in [0.15, 0.2) is 5.17 Å². The molecule has 1 heterocycles. The minimum absolute atomic E-state index is 0.175. The van der Waals surface area contributed by atoms with Gasteiger partial charge in [0.25, 0.3) is 5.91 Å². The van der Waals surface area contributed by atoms with Gasteiger partial charge in [0.1, 0.15) is 12.4 Å². The van der Waals surface area contributed by atoms with E-state index in [1.807, 2.05) is 36.4 Å². The lowest BCUT2D eigenvalue weighted by Gasteiger charge is -2.12. The Bertz CT molecular complexity index is 1350. The van der Waals surface area contributed by atoms with Crippen molar-refractivity contribution in [2.75, 3.05) is 7.05 Å². The third-order valence-electron chi connectivity index (χ3n) is 4.99. The quantitative estimate of drug-likeness (QED) is 0.286. The Balaban J connectivity index is 1.53. The molecule has 0 saturated carbocycles. The molecule has 4 rings (SSSR count). The number of aliphatic imine (C=N–C) groups is 1. The molecule has 0 aromatic heterocycles. The zero-order valence-corrected chi connectivity index (χ0v) is 22.9. The molecule has 1 aliphatic rings. The fourth-order valence-electron chi connectivity index (χ4n) is 3.16. The Morgan fingerprint density at radius 3 is 2.43 bits per heavy atom. The van der Waals surface area contributed by atoms with Gasteiger partial charge in [0.2, 0.25) is 0 Å². The maximum absolute atomic E-state index is 12.8. The van der Waals surface area contributed by atoms with Crippen LogP contribution in [0.2, 0.25) is 5.02 Å². The van der Waals surface area contributed by atoms with Crippen molar-refractivity contribution in [3.05, 3.63) is 96.2 Å². The summed E-state index contributed by atoms with van der Waals surface area (Å²) in [5.41, 5.74) is 2.40. The predicted molar refractivity (Wildman–Crippen MR) is 146 cm³/mol. The van der Waals surface area contributed by atoms with E-state index in [1.165, 1.54) is 28.8 Å². The summed E-state index contributed by atoms with van der Waals surface area (Å²) in [6, 6.07) is 17.4. The number of hydrogen-bond acceptors (Lipinski definition) is 5. The van der Waals surface area contributed by atoms with Crippen LogP contribution in [-0.2, 0) is 11.4 Å². The number of likely N-dealkylation sites (N-methyl/N-ethyl adjacent to an activating group) is 1. The Kier molecular flexibility index (Phi) is 8.01. The molecule has 0 bridgehead atoms. The van der Waals surface area contributed by atoms with Crippen LogP contribution in [0.3, 0.4) is 0 Å². The fourth-order valence-corrected chi connectivity index (χ4v) is 5.79. The Morgan fingerprint density at radius 2 is 1.80 bits per heavy atom. The molecule has 6 nitrogen and oxygen atoms in total. The zero-order chi connectivity index (χ0) is 25.1. The SMILES string of the molecule is CN1C(=O)/C(=C/c2cc(Br)c(OCc3ccccc3Cl)c(Br)c2)SC1=Nc1ccc(C(=O)O)cc1. The number of carbonyl (C=O) groups is 2. The first-order valence-corrected chi connectivity index (χ1v) is 13.0. The van der Waals surface area contributed by atoms with Crippen LogP contribution in [-0.4, -0.2) is 34.1 Å². The number of carbonyl (C=O) groups excluding carboxylic acids is 1. The molecule has 35 heavy (non-hydrogen) atoms. The van der Waals surface area contributed by atoms with Gasteiger partial charge < -0.3 is 9.84 Å². The van der Waals surface area contributed by atoms with E-state index in [4.69, 9.17) is 21.4 Å². The van der Waals surface area contributed by atoms with Crippen LogP contribution in [0, 0.1) is 0 Å². The highest BCUT2D eigenvalue weighted by Crippen LogP contribution is 2.38. The number of ether oxygens (including phenoxy) is 1. The van der Waals surface area contributed by atoms with E-state index in [0.29, 0.717) is 33.1 Å². The lowest BCUT2D eigenvalue weighted by atomic mass is 10.2. The lowest BCUT2D eigenvalue weighted by molar-refractivity contribution is -0.121. The smallest absolute Gasteiger partial charge is 0.335 e. The van der Waals surface area contributed by atoms with Crippen molar-refractivity contribution in [2.24, 2.45) is 4.99 Å². The summed E-state index contributed by atoms with van der Waals surface area (Å²) < 4.78 is 7.42. The minimum Gasteiger partial charge on any atom is -0.486 e. The number of nitrogens with zero attached hydrogens (tertiary/aromatic N) is 2. The van der Waals surface area contributed by atoms with E-state index >= 15 is 0 Å². The summed E-state index contributed by atoms with van der Waals surface area (Å²) in [5.74, 6) is -0.557. The molecule has 0 aliphatic carbocycles. The van der Waals surface area contributed by atoms with Crippen LogP contribution in [0.4, 0.5) is 5.69 Å². The summed E-state index contributed by atoms with van der Waals surface area (Å²) in [6.07, 6.45) is 1.78. The van der Waals surface area contributed by atoms with E-state index in [-0.39, 0.29) is 11.5 Å². The van der Waals surface area contributed by atoms with Gasteiger partial charge in [0.05, 0.1) is 25.1 Å². The molecule has 1 N–H and O–H groups in total. The second-order valence-corrected chi connectivity index (χ2v) is 10.5. The molecule has 3 aromatic rings. The zero-order valence-electron chi connectivity index (χ0n) is 18.2. The second-order valence-electron chi connectivity index (χ2n) is 7.41. The average molecular weight is 637 g/mol. The third-order valence-corrected chi connectivity index (χ3v) is 7.60. The molecule has 10 heteroatoms. The minimum atomic E-state index is -1.01. The summed E-state index contributed by atoms with van der Waals surface area (Å²) in [4.78, 5) is 30.3. The van der Waals surface area contributed by atoms with Crippen LogP contribution in [0.1, 0.15) is 21.5 Å². The van der Waals surface area contributed by atoms with Gasteiger partial charge in [-0.3, -0.25) is 9.69 Å². The number of amidine groups is 1. The summed E-state index contributed by atoms with van der Waals surface area (Å²) in [7, 11) is 1.65. The van der Waals surface area contributed by atoms with Gasteiger partial charge >= 0.3 is 5.97 Å². The number of halogens is 3. The molecule has 3 aromatic carbocycles. The normalized spacial score (nSPS) is 15.8. The van der Waals surface area contributed by atoms with E-state index in [2.05, 4.69) is 36.9 Å². The first-order valence-electron chi connectivity index (χ1n) is 10.2. The van der Waals surface area contributed by atoms with Gasteiger partial charge in [-0.2, -0.15) is 0 Å². The molecular formula is C25H17Br2ClN2O4S. The lowest BCUT2D eigenvalue weighted by Crippen LogP contribution is -2.23. The molecule has 1 amide bonds. The molecular weight excluding hydrogens is 620 g/mol. The number of aromatic carboxylic acids is 1. The Hall–Kier alpha value is -2.59. The standard InChI is InChI=1S/C25H17Br2ClN2O4S/c1-30-23(31)21(35-25(30)29-17-8-6-15(7-9-17)24(32)33)12-14-10-18(26)22(19(27)11-14)34-13-16-4-2-3-5-20(16)28/h2-12H,13H2,1H3,(H,32,33)/b21-12-,29-25?. The molecule has 0 atom stereocenters. The van der Waals surface area contributed by atoms with Crippen LogP contribution >= 0.6 is 55.2 Å². The molecule has 178 valence electrons. The number of amides is 1. The van der Waals surface area contributed by atoms with E-state index in [0.717, 1.165) is 20.1 Å². The van der Waals surface area contributed by atoms with E-state index < -0.39 is 5.97 Å². The first-order chi connectivity index (χ1) is 16.7. The third kappa shape index (κ3) is 5.98. The van der Waals surface area contributed by atoms with Gasteiger partial charge in [-0.25, -0.2) is 9.79 Å². The largest absolute Gasteiger partial charge is 0.486 e. The molecule has 1 fully saturated rings. The van der Waals surface area contributed by atoms with E-state index in [1.54, 1.807) is 25.3 Å². The van der Waals surface area contributed by atoms with Crippen molar-refractivity contribution in [1.29, 1.82) is 0 Å². The summed E-state index contributed by atoms with van der Waals surface area (Å²) in [6.45, 7) is 0.309. The first kappa shape index (κ1) is 25.5. The number of carboxylic acid groups (broad SMARTS) is 1. The van der Waals surface area contributed by atoms with Crippen molar-refractivity contribution in [3.8, 4) is 5.75 Å². The van der Waals surface area contributed by atoms with E-state index in [9.17, 15) is 9.59 Å². The van der Waals surface area contributed by atoms with Crippen LogP contribution < -0.4 is 4.74 Å². The van der Waals surface area contributed by atoms with Gasteiger partial charge in [-0.15, -0.1) is 0 Å². The van der Waals surface area contributed by atoms with Crippen molar-refractivity contribution < 1.29 is 19.4 Å². The Morgan fingerprint density at radius 1 is 1.14 bits per heavy atom. The van der Waals surface area contributed by atoms with Crippen LogP contribution in [0.25, 0.3) is 6.08 Å². The fraction of sp³-hybridized carbons (Fsp3) is 0.0800. The maximum atomic E-state index is 12.8. The number of thioether (sulfide) groups is 1. The molecule has 0 radical (unpaired) electrons. The van der Waals surface area contributed by atoms with Crippen molar-refractivity contribution >= 4 is 84.0 Å². The second kappa shape index (κ2) is 11.0. The predicted octanol–water partition coefficient (Wildman–Crippen LogP) is 7.38.